The summed E-state index contributed by atoms with van der Waals surface area (Å²) in [5, 5.41) is 15.6. The van der Waals surface area contributed by atoms with Crippen LogP contribution in [0.1, 0.15) is 23.5 Å². The monoisotopic (exact) mass is 282 g/mol. The van der Waals surface area contributed by atoms with Gasteiger partial charge in [0.1, 0.15) is 6.10 Å². The van der Waals surface area contributed by atoms with Gasteiger partial charge in [-0.05, 0) is 25.8 Å². The molecule has 0 saturated heterocycles. The van der Waals surface area contributed by atoms with Gasteiger partial charge < -0.3 is 15.2 Å². The van der Waals surface area contributed by atoms with Gasteiger partial charge in [-0.3, -0.25) is 4.79 Å². The highest BCUT2D eigenvalue weighted by Gasteiger charge is 2.35. The standard InChI is InChI=1S/C13H18N2O3S/c1-8-14-9(7-19-8)3-6-12(16)15-10-4-5-11(18-2)13(10)17/h3,6-7,10-11,13,17H,4-5H2,1-2H3,(H,15,16)/b6-3+/t10-,11-,13-/m1/s1. The number of aromatic nitrogens is 1. The van der Waals surface area contributed by atoms with E-state index in [1.165, 1.54) is 6.08 Å². The third kappa shape index (κ3) is 3.62. The topological polar surface area (TPSA) is 71.5 Å². The van der Waals surface area contributed by atoms with Gasteiger partial charge >= 0.3 is 0 Å². The number of aryl methyl sites for hydroxylation is 1. The maximum Gasteiger partial charge on any atom is 0.244 e. The average Bonchev–Trinajstić information content (AvgIpc) is 2.95. The molecule has 0 bridgehead atoms. The second kappa shape index (κ2) is 6.27. The van der Waals surface area contributed by atoms with E-state index in [4.69, 9.17) is 4.74 Å². The first-order chi connectivity index (χ1) is 9.10. The molecule has 0 radical (unpaired) electrons. The molecular weight excluding hydrogens is 264 g/mol. The number of nitrogens with zero attached hydrogens (tertiary/aromatic N) is 1. The quantitative estimate of drug-likeness (QED) is 0.812. The van der Waals surface area contributed by atoms with E-state index >= 15 is 0 Å². The molecule has 1 fully saturated rings. The van der Waals surface area contributed by atoms with Crippen molar-refractivity contribution in [2.45, 2.75) is 38.0 Å². The van der Waals surface area contributed by atoms with Crippen LogP contribution in [0.2, 0.25) is 0 Å². The van der Waals surface area contributed by atoms with Crippen LogP contribution in [0.15, 0.2) is 11.5 Å². The van der Waals surface area contributed by atoms with Crippen molar-refractivity contribution in [1.82, 2.24) is 10.3 Å². The van der Waals surface area contributed by atoms with Crippen molar-refractivity contribution in [2.24, 2.45) is 0 Å². The predicted molar refractivity (Wildman–Crippen MR) is 73.9 cm³/mol. The molecule has 1 aliphatic rings. The van der Waals surface area contributed by atoms with Crippen LogP contribution in [-0.4, -0.2) is 41.4 Å². The molecule has 1 aromatic heterocycles. The van der Waals surface area contributed by atoms with Crippen LogP contribution in [0.5, 0.6) is 0 Å². The van der Waals surface area contributed by atoms with E-state index in [1.54, 1.807) is 24.5 Å². The molecular formula is C13H18N2O3S. The number of methoxy groups -OCH3 is 1. The second-order valence-electron chi connectivity index (χ2n) is 4.58. The molecule has 1 heterocycles. The molecule has 0 aromatic carbocycles. The van der Waals surface area contributed by atoms with Crippen molar-refractivity contribution in [1.29, 1.82) is 0 Å². The number of hydrogen-bond donors (Lipinski definition) is 2. The lowest BCUT2D eigenvalue weighted by Gasteiger charge is -2.18. The Kier molecular flexibility index (Phi) is 4.68. The van der Waals surface area contributed by atoms with Gasteiger partial charge in [0.2, 0.25) is 5.91 Å². The van der Waals surface area contributed by atoms with Crippen LogP contribution in [0, 0.1) is 6.92 Å². The zero-order chi connectivity index (χ0) is 13.8. The molecule has 1 amide bonds. The number of thiazole rings is 1. The van der Waals surface area contributed by atoms with Gasteiger partial charge in [0, 0.05) is 18.6 Å². The number of ether oxygens (including phenoxy) is 1. The van der Waals surface area contributed by atoms with Crippen LogP contribution in [0.4, 0.5) is 0 Å². The first-order valence-corrected chi connectivity index (χ1v) is 7.09. The predicted octanol–water partition coefficient (Wildman–Crippen LogP) is 1.12. The minimum absolute atomic E-state index is 0.185. The van der Waals surface area contributed by atoms with Crippen molar-refractivity contribution in [2.75, 3.05) is 7.11 Å². The number of amides is 1. The number of nitrogens with one attached hydrogen (secondary N) is 1. The van der Waals surface area contributed by atoms with E-state index in [9.17, 15) is 9.90 Å². The fourth-order valence-electron chi connectivity index (χ4n) is 2.21. The largest absolute Gasteiger partial charge is 0.388 e. The molecule has 3 atom stereocenters. The van der Waals surface area contributed by atoms with E-state index < -0.39 is 6.10 Å². The van der Waals surface area contributed by atoms with E-state index in [0.29, 0.717) is 0 Å². The molecule has 5 nitrogen and oxygen atoms in total. The summed E-state index contributed by atoms with van der Waals surface area (Å²) in [5.74, 6) is -0.216. The Balaban J connectivity index is 1.86. The molecule has 0 unspecified atom stereocenters. The van der Waals surface area contributed by atoms with Crippen molar-refractivity contribution in [3.63, 3.8) is 0 Å². The van der Waals surface area contributed by atoms with Gasteiger partial charge in [-0.2, -0.15) is 0 Å². The Morgan fingerprint density at radius 1 is 1.63 bits per heavy atom. The molecule has 1 saturated carbocycles. The summed E-state index contributed by atoms with van der Waals surface area (Å²) >= 11 is 1.54. The highest BCUT2D eigenvalue weighted by atomic mass is 32.1. The number of carbonyl (C=O) groups is 1. The summed E-state index contributed by atoms with van der Waals surface area (Å²) in [6.07, 6.45) is 3.79. The number of aliphatic hydroxyl groups is 1. The maximum absolute atomic E-state index is 11.7. The minimum Gasteiger partial charge on any atom is -0.388 e. The lowest BCUT2D eigenvalue weighted by Crippen LogP contribution is -2.42. The summed E-state index contributed by atoms with van der Waals surface area (Å²) in [6, 6.07) is -0.237. The maximum atomic E-state index is 11.7. The lowest BCUT2D eigenvalue weighted by atomic mass is 10.2. The summed E-state index contributed by atoms with van der Waals surface area (Å²) in [5.41, 5.74) is 0.777. The van der Waals surface area contributed by atoms with Crippen LogP contribution in [0.3, 0.4) is 0 Å². The van der Waals surface area contributed by atoms with E-state index in [1.807, 2.05) is 12.3 Å². The van der Waals surface area contributed by atoms with Crippen molar-refractivity contribution in [3.8, 4) is 0 Å². The van der Waals surface area contributed by atoms with Crippen LogP contribution >= 0.6 is 11.3 Å². The highest BCUT2D eigenvalue weighted by molar-refractivity contribution is 7.09. The average molecular weight is 282 g/mol. The Morgan fingerprint density at radius 2 is 2.42 bits per heavy atom. The number of aliphatic hydroxyl groups excluding tert-OH is 1. The van der Waals surface area contributed by atoms with E-state index in [0.717, 1.165) is 23.5 Å². The summed E-state index contributed by atoms with van der Waals surface area (Å²) in [7, 11) is 1.57. The van der Waals surface area contributed by atoms with Gasteiger partial charge in [-0.15, -0.1) is 11.3 Å². The fraction of sp³-hybridized carbons (Fsp3) is 0.538. The first kappa shape index (κ1) is 14.2. The number of rotatable bonds is 4. The number of hydrogen-bond acceptors (Lipinski definition) is 5. The first-order valence-electron chi connectivity index (χ1n) is 6.21. The third-order valence-electron chi connectivity index (χ3n) is 3.23. The summed E-state index contributed by atoms with van der Waals surface area (Å²) in [4.78, 5) is 16.0. The van der Waals surface area contributed by atoms with Crippen molar-refractivity contribution >= 4 is 23.3 Å². The number of carbonyl (C=O) groups excluding carboxylic acids is 1. The highest BCUT2D eigenvalue weighted by Crippen LogP contribution is 2.22. The normalized spacial score (nSPS) is 27.0. The summed E-state index contributed by atoms with van der Waals surface area (Å²) < 4.78 is 5.14. The zero-order valence-electron chi connectivity index (χ0n) is 11.0. The van der Waals surface area contributed by atoms with Crippen molar-refractivity contribution in [3.05, 3.63) is 22.2 Å². The molecule has 104 valence electrons. The van der Waals surface area contributed by atoms with Gasteiger partial charge in [0.05, 0.1) is 22.8 Å². The van der Waals surface area contributed by atoms with Gasteiger partial charge in [-0.1, -0.05) is 0 Å². The Bertz CT molecular complexity index is 472. The van der Waals surface area contributed by atoms with Gasteiger partial charge in [-0.25, -0.2) is 4.98 Å². The summed E-state index contributed by atoms with van der Waals surface area (Å²) in [6.45, 7) is 1.92. The zero-order valence-corrected chi connectivity index (χ0v) is 11.8. The molecule has 6 heteroatoms. The van der Waals surface area contributed by atoms with Gasteiger partial charge in [0.15, 0.2) is 0 Å². The third-order valence-corrected chi connectivity index (χ3v) is 4.02. The SMILES string of the molecule is CO[C@@H]1CC[C@@H](NC(=O)/C=C/c2csc(C)n2)[C@H]1O. The Morgan fingerprint density at radius 3 is 3.00 bits per heavy atom. The van der Waals surface area contributed by atoms with E-state index in [2.05, 4.69) is 10.3 Å². The van der Waals surface area contributed by atoms with Crippen LogP contribution in [-0.2, 0) is 9.53 Å². The molecule has 1 aromatic rings. The minimum atomic E-state index is -0.635. The van der Waals surface area contributed by atoms with Crippen LogP contribution in [0.25, 0.3) is 6.08 Å². The fourth-order valence-corrected chi connectivity index (χ4v) is 2.79. The molecule has 2 rings (SSSR count). The lowest BCUT2D eigenvalue weighted by molar-refractivity contribution is -0.118. The van der Waals surface area contributed by atoms with Gasteiger partial charge in [0.25, 0.3) is 0 Å². The molecule has 0 spiro atoms. The smallest absolute Gasteiger partial charge is 0.244 e. The second-order valence-corrected chi connectivity index (χ2v) is 5.64. The molecule has 2 N–H and O–H groups in total. The Labute approximate surface area is 116 Å². The van der Waals surface area contributed by atoms with Crippen molar-refractivity contribution < 1.29 is 14.6 Å². The van der Waals surface area contributed by atoms with Crippen LogP contribution < -0.4 is 5.32 Å². The molecule has 0 aliphatic heterocycles. The van der Waals surface area contributed by atoms with E-state index in [-0.39, 0.29) is 18.1 Å². The molecule has 1 aliphatic carbocycles. The molecule has 19 heavy (non-hydrogen) atoms. The Hall–Kier alpha value is -1.24.